The topological polar surface area (TPSA) is 62.3 Å². The number of anilines is 1. The van der Waals surface area contributed by atoms with Crippen LogP contribution in [0, 0.1) is 6.92 Å². The van der Waals surface area contributed by atoms with E-state index in [1.807, 2.05) is 19.1 Å². The standard InChI is InChI=1S/C13H16BrN3O2/c1-7-8(14)5-10(18-3)13(19-4)12(7)9-6-11(15)17(2)16-9/h5-6H,15H2,1-4H3. The molecule has 0 fully saturated rings. The molecule has 2 N–H and O–H groups in total. The van der Waals surface area contributed by atoms with Gasteiger partial charge in [-0.3, -0.25) is 4.68 Å². The van der Waals surface area contributed by atoms with Gasteiger partial charge in [0.2, 0.25) is 0 Å². The van der Waals surface area contributed by atoms with Crippen molar-refractivity contribution in [2.75, 3.05) is 20.0 Å². The van der Waals surface area contributed by atoms with Gasteiger partial charge in [0.25, 0.3) is 0 Å². The van der Waals surface area contributed by atoms with Crippen molar-refractivity contribution in [1.82, 2.24) is 9.78 Å². The van der Waals surface area contributed by atoms with Crippen LogP contribution in [0.3, 0.4) is 0 Å². The molecule has 0 aliphatic heterocycles. The van der Waals surface area contributed by atoms with Gasteiger partial charge in [0, 0.05) is 17.6 Å². The average Bonchev–Trinajstić information content (AvgIpc) is 2.71. The molecule has 1 aromatic carbocycles. The minimum Gasteiger partial charge on any atom is -0.493 e. The van der Waals surface area contributed by atoms with Gasteiger partial charge < -0.3 is 15.2 Å². The van der Waals surface area contributed by atoms with Gasteiger partial charge in [0.05, 0.1) is 25.5 Å². The van der Waals surface area contributed by atoms with Crippen LogP contribution in [0.1, 0.15) is 5.56 Å². The molecular formula is C13H16BrN3O2. The Morgan fingerprint density at radius 2 is 1.95 bits per heavy atom. The molecule has 0 bridgehead atoms. The predicted octanol–water partition coefficient (Wildman–Crippen LogP) is 2.76. The van der Waals surface area contributed by atoms with Crippen LogP contribution in [0.5, 0.6) is 11.5 Å². The van der Waals surface area contributed by atoms with E-state index in [9.17, 15) is 0 Å². The molecule has 0 spiro atoms. The van der Waals surface area contributed by atoms with Crippen LogP contribution in [-0.2, 0) is 7.05 Å². The van der Waals surface area contributed by atoms with Crippen LogP contribution in [0.4, 0.5) is 5.82 Å². The molecule has 0 atom stereocenters. The van der Waals surface area contributed by atoms with Crippen molar-refractivity contribution in [2.45, 2.75) is 6.92 Å². The second kappa shape index (κ2) is 5.13. The maximum Gasteiger partial charge on any atom is 0.170 e. The van der Waals surface area contributed by atoms with E-state index in [0.29, 0.717) is 17.3 Å². The van der Waals surface area contributed by atoms with Gasteiger partial charge in [0.15, 0.2) is 11.5 Å². The molecule has 102 valence electrons. The SMILES string of the molecule is COc1cc(Br)c(C)c(-c2cc(N)n(C)n2)c1OC. The van der Waals surface area contributed by atoms with Crippen LogP contribution in [0.15, 0.2) is 16.6 Å². The van der Waals surface area contributed by atoms with Crippen LogP contribution >= 0.6 is 15.9 Å². The van der Waals surface area contributed by atoms with Gasteiger partial charge in [-0.25, -0.2) is 0 Å². The monoisotopic (exact) mass is 325 g/mol. The van der Waals surface area contributed by atoms with Gasteiger partial charge in [-0.1, -0.05) is 15.9 Å². The molecule has 0 aliphatic rings. The number of hydrogen-bond acceptors (Lipinski definition) is 4. The third-order valence-electron chi connectivity index (χ3n) is 3.04. The Morgan fingerprint density at radius 3 is 2.42 bits per heavy atom. The Labute approximate surface area is 120 Å². The number of aromatic nitrogens is 2. The summed E-state index contributed by atoms with van der Waals surface area (Å²) in [5, 5.41) is 4.40. The molecule has 0 saturated carbocycles. The number of nitrogens with zero attached hydrogens (tertiary/aromatic N) is 2. The second-order valence-electron chi connectivity index (χ2n) is 4.17. The molecule has 2 rings (SSSR count). The smallest absolute Gasteiger partial charge is 0.170 e. The molecule has 0 unspecified atom stereocenters. The van der Waals surface area contributed by atoms with Gasteiger partial charge in [-0.05, 0) is 18.6 Å². The first kappa shape index (κ1) is 13.7. The Morgan fingerprint density at radius 1 is 1.26 bits per heavy atom. The van der Waals surface area contributed by atoms with Crippen molar-refractivity contribution < 1.29 is 9.47 Å². The van der Waals surface area contributed by atoms with Crippen LogP contribution in [-0.4, -0.2) is 24.0 Å². The number of aryl methyl sites for hydroxylation is 1. The molecule has 1 heterocycles. The summed E-state index contributed by atoms with van der Waals surface area (Å²) in [6.07, 6.45) is 0. The van der Waals surface area contributed by atoms with E-state index in [4.69, 9.17) is 15.2 Å². The van der Waals surface area contributed by atoms with E-state index in [1.165, 1.54) is 0 Å². The summed E-state index contributed by atoms with van der Waals surface area (Å²) < 4.78 is 13.4. The molecule has 5 nitrogen and oxygen atoms in total. The summed E-state index contributed by atoms with van der Waals surface area (Å²) in [7, 11) is 5.02. The van der Waals surface area contributed by atoms with E-state index in [-0.39, 0.29) is 0 Å². The van der Waals surface area contributed by atoms with E-state index in [0.717, 1.165) is 21.3 Å². The summed E-state index contributed by atoms with van der Waals surface area (Å²) in [6, 6.07) is 3.70. The molecule has 0 amide bonds. The molecule has 0 saturated heterocycles. The van der Waals surface area contributed by atoms with Crippen LogP contribution in [0.2, 0.25) is 0 Å². The minimum absolute atomic E-state index is 0.593. The highest BCUT2D eigenvalue weighted by Crippen LogP contribution is 2.43. The lowest BCUT2D eigenvalue weighted by Crippen LogP contribution is -1.98. The van der Waals surface area contributed by atoms with Crippen LogP contribution < -0.4 is 15.2 Å². The largest absolute Gasteiger partial charge is 0.493 e. The van der Waals surface area contributed by atoms with Crippen molar-refractivity contribution in [3.8, 4) is 22.8 Å². The zero-order chi connectivity index (χ0) is 14.2. The maximum absolute atomic E-state index is 5.84. The van der Waals surface area contributed by atoms with Gasteiger partial charge >= 0.3 is 0 Å². The van der Waals surface area contributed by atoms with E-state index in [2.05, 4.69) is 21.0 Å². The zero-order valence-electron chi connectivity index (χ0n) is 11.3. The zero-order valence-corrected chi connectivity index (χ0v) is 12.9. The summed E-state index contributed by atoms with van der Waals surface area (Å²) in [5.74, 6) is 1.90. The van der Waals surface area contributed by atoms with Crippen molar-refractivity contribution in [1.29, 1.82) is 0 Å². The summed E-state index contributed by atoms with van der Waals surface area (Å²) >= 11 is 3.52. The molecule has 0 aliphatic carbocycles. The molecular weight excluding hydrogens is 310 g/mol. The molecule has 19 heavy (non-hydrogen) atoms. The number of hydrogen-bond donors (Lipinski definition) is 1. The molecule has 0 radical (unpaired) electrons. The number of nitrogen functional groups attached to an aromatic ring is 1. The van der Waals surface area contributed by atoms with E-state index < -0.39 is 0 Å². The first-order valence-corrected chi connectivity index (χ1v) is 6.49. The number of halogens is 1. The third kappa shape index (κ3) is 2.28. The lowest BCUT2D eigenvalue weighted by Gasteiger charge is -2.15. The van der Waals surface area contributed by atoms with Gasteiger partial charge in [-0.15, -0.1) is 0 Å². The quantitative estimate of drug-likeness (QED) is 0.942. The number of nitrogens with two attached hydrogens (primary N) is 1. The summed E-state index contributed by atoms with van der Waals surface area (Å²) in [4.78, 5) is 0. The molecule has 2 aromatic rings. The third-order valence-corrected chi connectivity index (χ3v) is 3.86. The fourth-order valence-electron chi connectivity index (χ4n) is 1.97. The highest BCUT2D eigenvalue weighted by atomic mass is 79.9. The lowest BCUT2D eigenvalue weighted by atomic mass is 10.0. The molecule has 6 heteroatoms. The Hall–Kier alpha value is -1.69. The van der Waals surface area contributed by atoms with Crippen molar-refractivity contribution >= 4 is 21.7 Å². The van der Waals surface area contributed by atoms with Crippen molar-refractivity contribution in [3.63, 3.8) is 0 Å². The first-order chi connectivity index (χ1) is 8.99. The van der Waals surface area contributed by atoms with E-state index >= 15 is 0 Å². The highest BCUT2D eigenvalue weighted by molar-refractivity contribution is 9.10. The molecule has 1 aromatic heterocycles. The van der Waals surface area contributed by atoms with Crippen molar-refractivity contribution in [3.05, 3.63) is 22.2 Å². The number of ether oxygens (including phenoxy) is 2. The maximum atomic E-state index is 5.84. The summed E-state index contributed by atoms with van der Waals surface area (Å²) in [5.41, 5.74) is 8.50. The fourth-order valence-corrected chi connectivity index (χ4v) is 2.37. The van der Waals surface area contributed by atoms with Gasteiger partial charge in [0.1, 0.15) is 5.82 Å². The fraction of sp³-hybridized carbons (Fsp3) is 0.308. The first-order valence-electron chi connectivity index (χ1n) is 5.70. The number of benzene rings is 1. The lowest BCUT2D eigenvalue weighted by molar-refractivity contribution is 0.355. The Bertz CT molecular complexity index is 603. The average molecular weight is 326 g/mol. The summed E-state index contributed by atoms with van der Waals surface area (Å²) in [6.45, 7) is 1.99. The number of methoxy groups -OCH3 is 2. The van der Waals surface area contributed by atoms with Gasteiger partial charge in [-0.2, -0.15) is 5.10 Å². The second-order valence-corrected chi connectivity index (χ2v) is 5.03. The Kier molecular flexibility index (Phi) is 3.71. The highest BCUT2D eigenvalue weighted by Gasteiger charge is 2.20. The number of rotatable bonds is 3. The van der Waals surface area contributed by atoms with Crippen LogP contribution in [0.25, 0.3) is 11.3 Å². The normalized spacial score (nSPS) is 10.6. The minimum atomic E-state index is 0.593. The predicted molar refractivity (Wildman–Crippen MR) is 78.6 cm³/mol. The van der Waals surface area contributed by atoms with Crippen molar-refractivity contribution in [2.24, 2.45) is 7.05 Å². The van der Waals surface area contributed by atoms with E-state index in [1.54, 1.807) is 25.9 Å². The Balaban J connectivity index is 2.76.